The molecule has 45 heavy (non-hydrogen) atoms. The van der Waals surface area contributed by atoms with Crippen molar-refractivity contribution in [2.24, 2.45) is 0 Å². The molecule has 0 bridgehead atoms. The minimum atomic E-state index is 0.0422. The van der Waals surface area contributed by atoms with Crippen LogP contribution in [0.1, 0.15) is 193 Å². The van der Waals surface area contributed by atoms with Gasteiger partial charge in [0.1, 0.15) is 6.10 Å². The van der Waals surface area contributed by atoms with Crippen LogP contribution in [0.4, 0.5) is 0 Å². The van der Waals surface area contributed by atoms with Crippen molar-refractivity contribution in [1.82, 2.24) is 0 Å². The highest BCUT2D eigenvalue weighted by Gasteiger charge is 2.10. The van der Waals surface area contributed by atoms with Crippen LogP contribution >= 0.6 is 0 Å². The number of hydrogen-bond acceptors (Lipinski definition) is 6. The topological polar surface area (TPSA) is 88.4 Å². The lowest BCUT2D eigenvalue weighted by atomic mass is 10.1. The number of aliphatic hydroxyl groups is 3. The monoisotopic (exact) mass is 645 g/mol. The Bertz CT molecular complexity index is 476. The highest BCUT2D eigenvalue weighted by atomic mass is 16.6. The van der Waals surface area contributed by atoms with Crippen LogP contribution < -0.4 is 0 Å². The number of ether oxygens (including phenoxy) is 3. The second-order valence-electron chi connectivity index (χ2n) is 13.4. The van der Waals surface area contributed by atoms with E-state index >= 15 is 0 Å². The molecule has 6 heteroatoms. The van der Waals surface area contributed by atoms with Crippen LogP contribution in [0.25, 0.3) is 0 Å². The lowest BCUT2D eigenvalue weighted by Gasteiger charge is -2.18. The van der Waals surface area contributed by atoms with Gasteiger partial charge in [-0.2, -0.15) is 0 Å². The Morgan fingerprint density at radius 3 is 0.756 bits per heavy atom. The van der Waals surface area contributed by atoms with Crippen molar-refractivity contribution in [2.75, 3.05) is 52.9 Å². The van der Waals surface area contributed by atoms with Gasteiger partial charge in [-0.3, -0.25) is 0 Å². The average Bonchev–Trinajstić information content (AvgIpc) is 3.05. The Labute approximate surface area is 280 Å². The zero-order chi connectivity index (χ0) is 32.6. The van der Waals surface area contributed by atoms with E-state index in [4.69, 9.17) is 29.5 Å². The van der Waals surface area contributed by atoms with E-state index in [1.165, 1.54) is 154 Å². The van der Waals surface area contributed by atoms with Crippen molar-refractivity contribution >= 4 is 0 Å². The first-order valence-corrected chi connectivity index (χ1v) is 19.9. The highest BCUT2D eigenvalue weighted by Crippen LogP contribution is 2.13. The molecular formula is C39H80O6. The first kappa shape index (κ1) is 44.8. The van der Waals surface area contributed by atoms with Gasteiger partial charge in [0, 0.05) is 39.6 Å². The summed E-state index contributed by atoms with van der Waals surface area (Å²) in [6.07, 6.45) is 37.2. The van der Waals surface area contributed by atoms with E-state index in [0.717, 1.165) is 58.3 Å². The molecule has 0 rings (SSSR count). The summed E-state index contributed by atoms with van der Waals surface area (Å²) < 4.78 is 18.3. The number of aliphatic hydroxyl groups excluding tert-OH is 3. The van der Waals surface area contributed by atoms with E-state index in [9.17, 15) is 0 Å². The molecule has 272 valence electrons. The van der Waals surface area contributed by atoms with Crippen LogP contribution in [-0.2, 0) is 14.2 Å². The van der Waals surface area contributed by atoms with Gasteiger partial charge in [-0.1, -0.05) is 154 Å². The smallest absolute Gasteiger partial charge is 0.104 e. The lowest BCUT2D eigenvalue weighted by molar-refractivity contribution is -0.0616. The molecule has 0 saturated heterocycles. The SMILES string of the molecule is OCCCCCCCCCCCCOCC(COCCCCCCCCCCCCO)OCCCCCCCCCCCCO. The molecular weight excluding hydrogens is 564 g/mol. The summed E-state index contributed by atoms with van der Waals surface area (Å²) in [4.78, 5) is 0. The van der Waals surface area contributed by atoms with E-state index in [0.29, 0.717) is 33.0 Å². The predicted octanol–water partition coefficient (Wildman–Crippen LogP) is 10.1. The molecule has 0 aromatic rings. The maximum absolute atomic E-state index is 8.86. The van der Waals surface area contributed by atoms with Gasteiger partial charge in [-0.05, 0) is 38.5 Å². The zero-order valence-corrected chi connectivity index (χ0v) is 30.0. The fourth-order valence-electron chi connectivity index (χ4n) is 5.91. The van der Waals surface area contributed by atoms with Crippen LogP contribution in [0.2, 0.25) is 0 Å². The van der Waals surface area contributed by atoms with Crippen molar-refractivity contribution < 1.29 is 29.5 Å². The first-order chi connectivity index (χ1) is 22.3. The summed E-state index contributed by atoms with van der Waals surface area (Å²) in [6.45, 7) is 4.75. The molecule has 0 saturated carbocycles. The van der Waals surface area contributed by atoms with Crippen molar-refractivity contribution in [3.8, 4) is 0 Å². The van der Waals surface area contributed by atoms with E-state index in [1.807, 2.05) is 0 Å². The summed E-state index contributed by atoms with van der Waals surface area (Å²) in [6, 6.07) is 0. The van der Waals surface area contributed by atoms with Crippen molar-refractivity contribution in [3.05, 3.63) is 0 Å². The van der Waals surface area contributed by atoms with Crippen LogP contribution in [0.3, 0.4) is 0 Å². The summed E-state index contributed by atoms with van der Waals surface area (Å²) in [5.41, 5.74) is 0. The van der Waals surface area contributed by atoms with Gasteiger partial charge in [0.2, 0.25) is 0 Å². The Hall–Kier alpha value is -0.240. The molecule has 0 aromatic carbocycles. The van der Waals surface area contributed by atoms with Crippen LogP contribution in [0.15, 0.2) is 0 Å². The van der Waals surface area contributed by atoms with E-state index in [-0.39, 0.29) is 6.10 Å². The summed E-state index contributed by atoms with van der Waals surface area (Å²) in [5.74, 6) is 0. The second kappa shape index (κ2) is 41.8. The maximum atomic E-state index is 8.86. The Morgan fingerprint density at radius 1 is 0.267 bits per heavy atom. The van der Waals surface area contributed by atoms with Gasteiger partial charge < -0.3 is 29.5 Å². The molecule has 0 atom stereocenters. The van der Waals surface area contributed by atoms with E-state index in [1.54, 1.807) is 0 Å². The average molecular weight is 645 g/mol. The molecule has 0 fully saturated rings. The summed E-state index contributed by atoms with van der Waals surface area (Å²) in [5, 5.41) is 26.6. The van der Waals surface area contributed by atoms with Gasteiger partial charge in [0.05, 0.1) is 13.2 Å². The minimum absolute atomic E-state index is 0.0422. The molecule has 0 unspecified atom stereocenters. The molecule has 0 aromatic heterocycles. The van der Waals surface area contributed by atoms with Gasteiger partial charge in [0.15, 0.2) is 0 Å². The van der Waals surface area contributed by atoms with Crippen molar-refractivity contribution in [1.29, 1.82) is 0 Å². The molecule has 3 N–H and O–H groups in total. The second-order valence-corrected chi connectivity index (χ2v) is 13.4. The van der Waals surface area contributed by atoms with Gasteiger partial charge in [0.25, 0.3) is 0 Å². The third kappa shape index (κ3) is 39.9. The van der Waals surface area contributed by atoms with Crippen LogP contribution in [0, 0.1) is 0 Å². The molecule has 0 spiro atoms. The molecule has 0 radical (unpaired) electrons. The van der Waals surface area contributed by atoms with Crippen LogP contribution in [0.5, 0.6) is 0 Å². The highest BCUT2D eigenvalue weighted by molar-refractivity contribution is 4.58. The minimum Gasteiger partial charge on any atom is -0.396 e. The molecule has 0 aliphatic heterocycles. The Morgan fingerprint density at radius 2 is 0.489 bits per heavy atom. The number of hydrogen-bond donors (Lipinski definition) is 3. The molecule has 0 heterocycles. The maximum Gasteiger partial charge on any atom is 0.104 e. The van der Waals surface area contributed by atoms with Gasteiger partial charge in [-0.25, -0.2) is 0 Å². The molecule has 0 aliphatic rings. The predicted molar refractivity (Wildman–Crippen MR) is 191 cm³/mol. The van der Waals surface area contributed by atoms with Crippen molar-refractivity contribution in [3.63, 3.8) is 0 Å². The van der Waals surface area contributed by atoms with Gasteiger partial charge >= 0.3 is 0 Å². The standard InChI is InChI=1S/C39H80O6/c40-31-25-19-13-7-1-4-10-16-22-28-34-43-37-39(45-36-30-24-18-12-6-3-9-15-21-27-33-42)38-44-35-29-23-17-11-5-2-8-14-20-26-32-41/h39-42H,1-38H2. The van der Waals surface area contributed by atoms with Crippen LogP contribution in [-0.4, -0.2) is 74.3 Å². The quantitative estimate of drug-likeness (QED) is 0.0574. The van der Waals surface area contributed by atoms with Crippen molar-refractivity contribution in [2.45, 2.75) is 199 Å². The molecule has 0 amide bonds. The van der Waals surface area contributed by atoms with E-state index in [2.05, 4.69) is 0 Å². The largest absolute Gasteiger partial charge is 0.396 e. The first-order valence-electron chi connectivity index (χ1n) is 19.9. The normalized spacial score (nSPS) is 11.7. The fourth-order valence-corrected chi connectivity index (χ4v) is 5.91. The third-order valence-electron chi connectivity index (χ3n) is 8.91. The zero-order valence-electron chi connectivity index (χ0n) is 30.0. The number of rotatable bonds is 41. The Kier molecular flexibility index (Phi) is 41.6. The van der Waals surface area contributed by atoms with Gasteiger partial charge in [-0.15, -0.1) is 0 Å². The fraction of sp³-hybridized carbons (Fsp3) is 1.00. The third-order valence-corrected chi connectivity index (χ3v) is 8.91. The lowest BCUT2D eigenvalue weighted by Crippen LogP contribution is -2.26. The van der Waals surface area contributed by atoms with E-state index < -0.39 is 0 Å². The Balaban J connectivity index is 3.91. The summed E-state index contributed by atoms with van der Waals surface area (Å²) >= 11 is 0. The molecule has 6 nitrogen and oxygen atoms in total. The number of unbranched alkanes of at least 4 members (excludes halogenated alkanes) is 27. The summed E-state index contributed by atoms with van der Waals surface area (Å²) in [7, 11) is 0. The molecule has 0 aliphatic carbocycles.